The summed E-state index contributed by atoms with van der Waals surface area (Å²) in [7, 11) is 6.81. The zero-order valence-electron chi connectivity index (χ0n) is 45.0. The number of hydrogen-bond acceptors (Lipinski definition) is 0. The number of allylic oxidation sites excluding steroid dienone is 12. The van der Waals surface area contributed by atoms with Crippen molar-refractivity contribution < 1.29 is 20.8 Å². The maximum atomic E-state index is 6.21. The molecule has 0 aromatic heterocycles. The van der Waals surface area contributed by atoms with Gasteiger partial charge in [0, 0.05) is 37.7 Å². The first-order valence-corrected chi connectivity index (χ1v) is 39.3. The normalized spacial score (nSPS) is 18.1. The fourth-order valence-corrected chi connectivity index (χ4v) is 20.0. The van der Waals surface area contributed by atoms with Gasteiger partial charge in [-0.1, -0.05) is 184 Å². The first-order valence-electron chi connectivity index (χ1n) is 26.8. The van der Waals surface area contributed by atoms with Crippen LogP contribution in [0.4, 0.5) is 0 Å². The van der Waals surface area contributed by atoms with Gasteiger partial charge in [-0.2, -0.15) is 68.8 Å². The Morgan fingerprint density at radius 1 is 0.329 bits per heavy atom. The summed E-state index contributed by atoms with van der Waals surface area (Å²) in [4.78, 5) is 0. The van der Waals surface area contributed by atoms with Crippen molar-refractivity contribution in [3.63, 3.8) is 0 Å². The molecule has 0 spiro atoms. The monoisotopic (exact) mass is 1260 g/mol. The van der Waals surface area contributed by atoms with Gasteiger partial charge < -0.3 is 0 Å². The van der Waals surface area contributed by atoms with Gasteiger partial charge in [0.15, 0.2) is 0 Å². The topological polar surface area (TPSA) is 0 Å². The molecule has 4 aliphatic carbocycles. The summed E-state index contributed by atoms with van der Waals surface area (Å²) in [6, 6.07) is 43.0. The zero-order chi connectivity index (χ0) is 55.5. The van der Waals surface area contributed by atoms with E-state index in [0.717, 1.165) is 20.1 Å². The molecule has 0 fully saturated rings. The Morgan fingerprint density at radius 3 is 0.709 bits per heavy atom. The molecule has 0 bridgehead atoms. The minimum atomic E-state index is -1.53. The van der Waals surface area contributed by atoms with Crippen LogP contribution in [0.1, 0.15) is 113 Å². The molecule has 0 nitrogen and oxygen atoms in total. The Kier molecular flexibility index (Phi) is 18.6. The predicted molar refractivity (Wildman–Crippen MR) is 349 cm³/mol. The van der Waals surface area contributed by atoms with Crippen LogP contribution in [0.15, 0.2) is 194 Å². The van der Waals surface area contributed by atoms with Crippen molar-refractivity contribution >= 4 is 126 Å². The summed E-state index contributed by atoms with van der Waals surface area (Å²) < 4.78 is 0. The summed E-state index contributed by atoms with van der Waals surface area (Å²) in [6.07, 6.45) is 36.2. The third kappa shape index (κ3) is 12.1. The van der Waals surface area contributed by atoms with Gasteiger partial charge in [0.25, 0.3) is 0 Å². The molecule has 0 radical (unpaired) electrons. The van der Waals surface area contributed by atoms with Crippen LogP contribution in [-0.2, 0) is 20.8 Å². The molecule has 9 heteroatoms. The van der Waals surface area contributed by atoms with E-state index in [2.05, 4.69) is 211 Å². The Bertz CT molecular complexity index is 3240. The van der Waals surface area contributed by atoms with Crippen molar-refractivity contribution in [3.05, 3.63) is 303 Å². The molecule has 8 aromatic rings. The van der Waals surface area contributed by atoms with Crippen molar-refractivity contribution in [2.75, 3.05) is 0 Å². The molecule has 4 aliphatic rings. The summed E-state index contributed by atoms with van der Waals surface area (Å²) >= 11 is 24.0. The van der Waals surface area contributed by atoms with E-state index in [-0.39, 0.29) is 23.7 Å². The molecule has 0 N–H and O–H groups in total. The molecule has 398 valence electrons. The molecule has 79 heavy (non-hydrogen) atoms. The molecule has 0 amide bonds. The number of halogens is 6. The molecule has 0 aliphatic heterocycles. The molecule has 4 atom stereocenters. The van der Waals surface area contributed by atoms with E-state index in [9.17, 15) is 0 Å². The predicted octanol–water partition coefficient (Wildman–Crippen LogP) is 18.3. The number of aryl methyl sites for hydroxylation is 4. The van der Waals surface area contributed by atoms with Gasteiger partial charge in [-0.3, -0.25) is 0 Å². The van der Waals surface area contributed by atoms with E-state index in [1.807, 2.05) is 48.5 Å². The van der Waals surface area contributed by atoms with Crippen molar-refractivity contribution in [2.24, 2.45) is 0 Å². The van der Waals surface area contributed by atoms with E-state index in [1.54, 1.807) is 20.7 Å². The van der Waals surface area contributed by atoms with E-state index in [0.29, 0.717) is 0 Å². The van der Waals surface area contributed by atoms with E-state index in [4.69, 9.17) is 63.4 Å². The Morgan fingerprint density at radius 2 is 0.519 bits per heavy atom. The Balaban J connectivity index is 0.000000170. The van der Waals surface area contributed by atoms with Gasteiger partial charge in [-0.15, -0.1) is 91.6 Å². The zero-order valence-corrected chi connectivity index (χ0v) is 54.3. The van der Waals surface area contributed by atoms with E-state index < -0.39 is 38.4 Å². The van der Waals surface area contributed by atoms with Gasteiger partial charge >= 0.3 is 37.9 Å². The van der Waals surface area contributed by atoms with Crippen molar-refractivity contribution in [1.82, 2.24) is 0 Å². The van der Waals surface area contributed by atoms with Gasteiger partial charge in [0.05, 0.1) is 0 Å². The molecule has 0 saturated carbocycles. The van der Waals surface area contributed by atoms with Crippen LogP contribution in [0.25, 0.3) is 24.3 Å². The van der Waals surface area contributed by atoms with Crippen LogP contribution >= 0.6 is 63.4 Å². The standard InChI is InChI=1S/2C35H30Cl2Si.2ClH.Zr/c2*1-22-20-32-28(24-12-16-26(36)17-13-24)8-4-6-10-30(32)34(22)38(3)35-23(2)21-33-29(9-5-7-11-31(33)35)25-14-18-27(37)19-15-25;;;/h2*4-21,28-29,38H,1-3H3;2*1H;/q2*-2;;;+2/p-2. The SMILES string of the molecule is Cc1cc2c([c-]1[SiH](C)[c-]1c(C)cc3c1C=CC=CC3c1ccc(Cl)cc1)C=CC=CC2c1ccc(Cl)cc1.Cc1cc2c([c-]1[SiH](C)[c-]1c(C)cc3c1C=CC=CC3c1ccc(Cl)cc1)C=CC=CC2c1ccc(Cl)cc1.[Cl][Zr][Cl]. The van der Waals surface area contributed by atoms with E-state index in [1.165, 1.54) is 89.0 Å². The molecular weight excluding hydrogens is 1200 g/mol. The van der Waals surface area contributed by atoms with Gasteiger partial charge in [-0.25, -0.2) is 0 Å². The first kappa shape index (κ1) is 57.5. The van der Waals surface area contributed by atoms with Crippen molar-refractivity contribution in [1.29, 1.82) is 0 Å². The minimum absolute atomic E-state index is 0.224. The van der Waals surface area contributed by atoms with Crippen LogP contribution in [0, 0.1) is 27.7 Å². The second kappa shape index (κ2) is 25.6. The number of rotatable bonds is 8. The second-order valence-corrected chi connectivity index (χ2v) is 31.7. The summed E-state index contributed by atoms with van der Waals surface area (Å²) in [5, 5.41) is 9.34. The first-order chi connectivity index (χ1) is 38.3. The van der Waals surface area contributed by atoms with Gasteiger partial charge in [-0.05, 0) is 94.5 Å². The fourth-order valence-electron chi connectivity index (χ4n) is 13.0. The average Bonchev–Trinajstić information content (AvgIpc) is 4.06. The van der Waals surface area contributed by atoms with Crippen LogP contribution in [0.2, 0.25) is 33.2 Å². The van der Waals surface area contributed by atoms with Crippen LogP contribution < -0.4 is 20.7 Å². The number of fused-ring (bicyclic) bond motifs is 4. The number of hydrogen-bond donors (Lipinski definition) is 0. The maximum absolute atomic E-state index is 6.21. The Labute approximate surface area is 509 Å². The van der Waals surface area contributed by atoms with Crippen molar-refractivity contribution in [2.45, 2.75) is 64.5 Å². The van der Waals surface area contributed by atoms with E-state index >= 15 is 0 Å². The van der Waals surface area contributed by atoms with Crippen molar-refractivity contribution in [3.8, 4) is 0 Å². The van der Waals surface area contributed by atoms with Crippen LogP contribution in [-0.4, -0.2) is 17.6 Å². The molecule has 0 saturated heterocycles. The summed E-state index contributed by atoms with van der Waals surface area (Å²) in [5.74, 6) is 0.897. The molecule has 8 aromatic carbocycles. The van der Waals surface area contributed by atoms with Gasteiger partial charge in [0.1, 0.15) is 0 Å². The molecule has 12 rings (SSSR count). The molecule has 4 unspecified atom stereocenters. The molecule has 0 heterocycles. The fraction of sp³-hybridized carbons (Fsp3) is 0.143. The average molecular weight is 1260 g/mol. The van der Waals surface area contributed by atoms with Crippen LogP contribution in [0.5, 0.6) is 0 Å². The third-order valence-corrected chi connectivity index (χ3v) is 23.8. The molecular formula is C70H60Cl6Si2Zr-4. The Hall–Kier alpha value is -4.74. The van der Waals surface area contributed by atoms with Crippen LogP contribution in [0.3, 0.4) is 0 Å². The summed E-state index contributed by atoms with van der Waals surface area (Å²) in [5.41, 5.74) is 22.0. The quantitative estimate of drug-likeness (QED) is 0.105. The van der Waals surface area contributed by atoms with Gasteiger partial charge in [0.2, 0.25) is 0 Å². The summed E-state index contributed by atoms with van der Waals surface area (Å²) in [6.45, 7) is 14.2. The second-order valence-electron chi connectivity index (χ2n) is 21.0. The number of benzene rings is 4. The third-order valence-electron chi connectivity index (χ3n) is 16.3.